The molecule has 0 saturated carbocycles. The van der Waals surface area contributed by atoms with E-state index in [2.05, 4.69) is 22.3 Å². The lowest BCUT2D eigenvalue weighted by molar-refractivity contribution is 0.0759. The molecule has 0 spiro atoms. The molecule has 2 aromatic heterocycles. The smallest absolute Gasteiger partial charge is 0.273 e. The molecule has 1 N–H and O–H groups in total. The number of carbonyl (C=O) groups excluding carboxylic acids is 1. The number of thiazole rings is 1. The van der Waals surface area contributed by atoms with Crippen LogP contribution in [-0.2, 0) is 12.8 Å². The van der Waals surface area contributed by atoms with Gasteiger partial charge in [-0.1, -0.05) is 35.5 Å². The minimum absolute atomic E-state index is 0.0521. The fourth-order valence-corrected chi connectivity index (χ4v) is 4.22. The predicted molar refractivity (Wildman–Crippen MR) is 102 cm³/mol. The number of nitrogens with zero attached hydrogens (tertiary/aromatic N) is 3. The number of rotatable bonds is 5. The summed E-state index contributed by atoms with van der Waals surface area (Å²) >= 11 is 1.49. The van der Waals surface area contributed by atoms with E-state index in [1.54, 1.807) is 10.3 Å². The van der Waals surface area contributed by atoms with Gasteiger partial charge in [0.05, 0.1) is 16.8 Å². The van der Waals surface area contributed by atoms with Crippen molar-refractivity contribution in [2.75, 3.05) is 13.1 Å². The molecule has 3 aromatic rings. The molecule has 0 unspecified atom stereocenters. The van der Waals surface area contributed by atoms with Gasteiger partial charge in [0.25, 0.3) is 5.91 Å². The van der Waals surface area contributed by atoms with E-state index in [4.69, 9.17) is 4.52 Å². The number of amides is 1. The van der Waals surface area contributed by atoms with Crippen LogP contribution >= 0.6 is 11.3 Å². The number of aliphatic hydroxyl groups excluding tert-OH is 1. The molecule has 1 aromatic carbocycles. The van der Waals surface area contributed by atoms with E-state index >= 15 is 0 Å². The number of hydrogen-bond acceptors (Lipinski definition) is 6. The zero-order valence-corrected chi connectivity index (χ0v) is 15.9. The molecule has 1 amide bonds. The van der Waals surface area contributed by atoms with Gasteiger partial charge in [-0.25, -0.2) is 4.98 Å². The summed E-state index contributed by atoms with van der Waals surface area (Å²) in [6.45, 7) is 2.68. The Kier molecular flexibility index (Phi) is 5.05. The van der Waals surface area contributed by atoms with Crippen molar-refractivity contribution >= 4 is 17.2 Å². The minimum atomic E-state index is -0.568. The van der Waals surface area contributed by atoms with E-state index in [9.17, 15) is 9.90 Å². The van der Waals surface area contributed by atoms with Gasteiger partial charge in [0.1, 0.15) is 11.5 Å². The number of benzene rings is 1. The fourth-order valence-electron chi connectivity index (χ4n) is 3.41. The summed E-state index contributed by atoms with van der Waals surface area (Å²) < 4.78 is 5.24. The highest BCUT2D eigenvalue weighted by Crippen LogP contribution is 2.24. The molecule has 7 heteroatoms. The maximum Gasteiger partial charge on any atom is 0.273 e. The molecule has 3 heterocycles. The van der Waals surface area contributed by atoms with Crippen molar-refractivity contribution in [2.24, 2.45) is 5.92 Å². The van der Waals surface area contributed by atoms with Crippen LogP contribution in [0.5, 0.6) is 0 Å². The van der Waals surface area contributed by atoms with Crippen LogP contribution in [0.15, 0.2) is 46.3 Å². The van der Waals surface area contributed by atoms with Crippen LogP contribution in [0.1, 0.15) is 32.5 Å². The Bertz CT molecular complexity index is 921. The third-order valence-corrected chi connectivity index (χ3v) is 5.65. The monoisotopic (exact) mass is 383 g/mol. The van der Waals surface area contributed by atoms with Gasteiger partial charge >= 0.3 is 0 Å². The molecule has 1 aliphatic rings. The summed E-state index contributed by atoms with van der Waals surface area (Å²) in [5.74, 6) is 0.564. The highest BCUT2D eigenvalue weighted by atomic mass is 32.1. The fraction of sp³-hybridized carbons (Fsp3) is 0.350. The lowest BCUT2D eigenvalue weighted by Crippen LogP contribution is -2.29. The van der Waals surface area contributed by atoms with Gasteiger partial charge in [-0.05, 0) is 12.5 Å². The van der Waals surface area contributed by atoms with E-state index in [0.717, 1.165) is 22.9 Å². The van der Waals surface area contributed by atoms with E-state index in [1.165, 1.54) is 16.9 Å². The Labute approximate surface area is 161 Å². The van der Waals surface area contributed by atoms with Gasteiger partial charge < -0.3 is 14.5 Å². The van der Waals surface area contributed by atoms with Crippen LogP contribution in [0.2, 0.25) is 0 Å². The molecular formula is C20H21N3O3S. The number of hydrogen-bond donors (Lipinski definition) is 1. The maximum atomic E-state index is 12.8. The molecule has 0 aliphatic carbocycles. The van der Waals surface area contributed by atoms with Crippen LogP contribution in [-0.4, -0.2) is 45.2 Å². The topological polar surface area (TPSA) is 79.5 Å². The third kappa shape index (κ3) is 4.09. The standard InChI is InChI=1S/C20H21N3O3S/c1-13-7-16(26-22-13)9-15-10-23(11-18(15)24)20(25)17-12-27-19(21-17)8-14-5-3-2-4-6-14/h2-7,12,15,18,24H,8-11H2,1H3/t15-,18-/m1/s1. The van der Waals surface area contributed by atoms with Crippen molar-refractivity contribution in [2.45, 2.75) is 25.9 Å². The second kappa shape index (κ2) is 7.62. The van der Waals surface area contributed by atoms with Crippen molar-refractivity contribution in [3.8, 4) is 0 Å². The van der Waals surface area contributed by atoms with E-state index in [1.807, 2.05) is 31.2 Å². The first-order valence-corrected chi connectivity index (χ1v) is 9.84. The maximum absolute atomic E-state index is 12.8. The zero-order valence-electron chi connectivity index (χ0n) is 15.0. The van der Waals surface area contributed by atoms with Crippen molar-refractivity contribution < 1.29 is 14.4 Å². The lowest BCUT2D eigenvalue weighted by Gasteiger charge is -2.14. The van der Waals surface area contributed by atoms with Crippen LogP contribution < -0.4 is 0 Å². The van der Waals surface area contributed by atoms with Crippen LogP contribution in [0.25, 0.3) is 0 Å². The highest BCUT2D eigenvalue weighted by Gasteiger charge is 2.35. The second-order valence-corrected chi connectivity index (χ2v) is 7.91. The molecule has 6 nitrogen and oxygen atoms in total. The van der Waals surface area contributed by atoms with Gasteiger partial charge in [0.2, 0.25) is 0 Å². The largest absolute Gasteiger partial charge is 0.391 e. The second-order valence-electron chi connectivity index (χ2n) is 6.97. The molecule has 1 saturated heterocycles. The summed E-state index contributed by atoms with van der Waals surface area (Å²) in [7, 11) is 0. The Morgan fingerprint density at radius 3 is 2.89 bits per heavy atom. The number of carbonyl (C=O) groups is 1. The van der Waals surface area contributed by atoms with Gasteiger partial charge in [-0.2, -0.15) is 0 Å². The number of likely N-dealkylation sites (tertiary alicyclic amines) is 1. The molecule has 140 valence electrons. The Balaban J connectivity index is 1.39. The Morgan fingerprint density at radius 2 is 2.15 bits per heavy atom. The Hall–Kier alpha value is -2.51. The molecule has 1 aliphatic heterocycles. The van der Waals surface area contributed by atoms with Gasteiger partial charge in [-0.15, -0.1) is 11.3 Å². The molecular weight excluding hydrogens is 362 g/mol. The molecule has 4 rings (SSSR count). The zero-order chi connectivity index (χ0) is 18.8. The van der Waals surface area contributed by atoms with E-state index < -0.39 is 6.10 Å². The summed E-state index contributed by atoms with van der Waals surface area (Å²) in [5, 5.41) is 16.9. The summed E-state index contributed by atoms with van der Waals surface area (Å²) in [6, 6.07) is 11.9. The number of β-amino-alcohol motifs (C(OH)–C–C–N with tert-alkyl or cyclic N) is 1. The van der Waals surface area contributed by atoms with Crippen molar-refractivity contribution in [3.05, 3.63) is 69.5 Å². The summed E-state index contributed by atoms with van der Waals surface area (Å²) in [4.78, 5) is 19.0. The van der Waals surface area contributed by atoms with Gasteiger partial charge in [0.15, 0.2) is 0 Å². The normalized spacial score (nSPS) is 19.6. The molecule has 1 fully saturated rings. The Morgan fingerprint density at radius 1 is 1.33 bits per heavy atom. The van der Waals surface area contributed by atoms with Crippen LogP contribution in [0.4, 0.5) is 0 Å². The third-order valence-electron chi connectivity index (χ3n) is 4.80. The molecule has 2 atom stereocenters. The average molecular weight is 383 g/mol. The minimum Gasteiger partial charge on any atom is -0.391 e. The van der Waals surface area contributed by atoms with Crippen molar-refractivity contribution in [3.63, 3.8) is 0 Å². The SMILES string of the molecule is Cc1cc(C[C@@H]2CN(C(=O)c3csc(Cc4ccccc4)n3)C[C@H]2O)on1. The average Bonchev–Trinajstić information content (AvgIpc) is 3.37. The van der Waals surface area contributed by atoms with E-state index in [0.29, 0.717) is 25.2 Å². The highest BCUT2D eigenvalue weighted by molar-refractivity contribution is 7.09. The summed E-state index contributed by atoms with van der Waals surface area (Å²) in [5.41, 5.74) is 2.44. The van der Waals surface area contributed by atoms with Gasteiger partial charge in [-0.3, -0.25) is 4.79 Å². The van der Waals surface area contributed by atoms with Crippen LogP contribution in [0.3, 0.4) is 0 Å². The molecule has 0 radical (unpaired) electrons. The number of aliphatic hydroxyl groups is 1. The summed E-state index contributed by atoms with van der Waals surface area (Å²) in [6.07, 6.45) is 0.721. The number of aromatic nitrogens is 2. The number of aryl methyl sites for hydroxylation is 1. The quantitative estimate of drug-likeness (QED) is 0.733. The van der Waals surface area contributed by atoms with Crippen LogP contribution in [0, 0.1) is 12.8 Å². The van der Waals surface area contributed by atoms with Crippen molar-refractivity contribution in [1.29, 1.82) is 0 Å². The first kappa shape index (κ1) is 17.9. The first-order valence-electron chi connectivity index (χ1n) is 8.96. The van der Waals surface area contributed by atoms with Gasteiger partial charge in [0, 0.05) is 43.3 Å². The van der Waals surface area contributed by atoms with E-state index in [-0.39, 0.29) is 11.8 Å². The first-order chi connectivity index (χ1) is 13.1. The molecule has 0 bridgehead atoms. The lowest BCUT2D eigenvalue weighted by atomic mass is 10.0. The van der Waals surface area contributed by atoms with Crippen molar-refractivity contribution in [1.82, 2.24) is 15.0 Å². The molecule has 27 heavy (non-hydrogen) atoms. The predicted octanol–water partition coefficient (Wildman–Crippen LogP) is 2.71.